The van der Waals surface area contributed by atoms with Crippen LogP contribution < -0.4 is 0 Å². The van der Waals surface area contributed by atoms with Crippen LogP contribution in [0.25, 0.3) is 0 Å². The van der Waals surface area contributed by atoms with E-state index in [9.17, 15) is 9.90 Å². The maximum absolute atomic E-state index is 11.2. The van der Waals surface area contributed by atoms with Gasteiger partial charge in [0.05, 0.1) is 0 Å². The molecule has 4 heteroatoms. The molecule has 0 unspecified atom stereocenters. The lowest BCUT2D eigenvalue weighted by Crippen LogP contribution is -2.26. The summed E-state index contributed by atoms with van der Waals surface area (Å²) >= 11 is 1.31. The van der Waals surface area contributed by atoms with E-state index >= 15 is 0 Å². The summed E-state index contributed by atoms with van der Waals surface area (Å²) < 4.78 is 0. The van der Waals surface area contributed by atoms with E-state index in [2.05, 4.69) is 29.2 Å². The highest BCUT2D eigenvalue weighted by Gasteiger charge is 2.17. The number of hydrogen-bond acceptors (Lipinski definition) is 3. The average molecular weight is 287 g/mol. The van der Waals surface area contributed by atoms with Gasteiger partial charge in [-0.05, 0) is 41.0 Å². The van der Waals surface area contributed by atoms with E-state index in [-0.39, 0.29) is 0 Å². The summed E-state index contributed by atoms with van der Waals surface area (Å²) in [6, 6.07) is 10.5. The van der Waals surface area contributed by atoms with Crippen molar-refractivity contribution in [1.29, 1.82) is 0 Å². The predicted molar refractivity (Wildman–Crippen MR) is 80.4 cm³/mol. The molecule has 0 atom stereocenters. The minimum atomic E-state index is -0.812. The smallest absolute Gasteiger partial charge is 0.346 e. The van der Waals surface area contributed by atoms with Gasteiger partial charge in [-0.3, -0.25) is 4.90 Å². The second-order valence-corrected chi connectivity index (χ2v) is 6.04. The van der Waals surface area contributed by atoms with Crippen LogP contribution >= 0.6 is 11.3 Å². The van der Waals surface area contributed by atoms with E-state index in [1.807, 2.05) is 11.4 Å². The summed E-state index contributed by atoms with van der Waals surface area (Å²) in [5.41, 5.74) is 3.80. The van der Waals surface area contributed by atoms with Gasteiger partial charge in [-0.25, -0.2) is 4.79 Å². The van der Waals surface area contributed by atoms with E-state index in [0.717, 1.165) is 38.0 Å². The van der Waals surface area contributed by atoms with Gasteiger partial charge in [0.25, 0.3) is 0 Å². The minimum Gasteiger partial charge on any atom is -0.477 e. The zero-order valence-electron chi connectivity index (χ0n) is 11.2. The second-order valence-electron chi connectivity index (χ2n) is 5.12. The van der Waals surface area contributed by atoms with Crippen LogP contribution in [0.2, 0.25) is 0 Å². The zero-order valence-corrected chi connectivity index (χ0v) is 12.0. The molecule has 2 heterocycles. The number of carboxylic acids is 1. The Labute approximate surface area is 122 Å². The maximum atomic E-state index is 11.2. The Kier molecular flexibility index (Phi) is 3.85. The van der Waals surface area contributed by atoms with Crippen LogP contribution in [0.1, 0.15) is 26.4 Å². The molecule has 0 fully saturated rings. The van der Waals surface area contributed by atoms with E-state index in [1.165, 1.54) is 22.5 Å². The van der Waals surface area contributed by atoms with Gasteiger partial charge in [-0.1, -0.05) is 24.3 Å². The van der Waals surface area contributed by atoms with Crippen molar-refractivity contribution in [2.45, 2.75) is 19.4 Å². The molecule has 0 bridgehead atoms. The van der Waals surface area contributed by atoms with E-state index in [0.29, 0.717) is 4.88 Å². The lowest BCUT2D eigenvalue weighted by Gasteiger charge is -2.19. The number of nitrogens with zero attached hydrogens (tertiary/aromatic N) is 1. The minimum absolute atomic E-state index is 0.478. The SMILES string of the molecule is O=C(O)c1sccc1CN1CCc2ccccc2CC1. The first kappa shape index (κ1) is 13.3. The largest absolute Gasteiger partial charge is 0.477 e. The molecule has 0 saturated heterocycles. The molecule has 1 N–H and O–H groups in total. The quantitative estimate of drug-likeness (QED) is 0.943. The zero-order chi connectivity index (χ0) is 13.9. The van der Waals surface area contributed by atoms with E-state index in [1.54, 1.807) is 0 Å². The Morgan fingerprint density at radius 3 is 2.40 bits per heavy atom. The Morgan fingerprint density at radius 2 is 1.80 bits per heavy atom. The van der Waals surface area contributed by atoms with Crippen LogP contribution in [0.3, 0.4) is 0 Å². The molecule has 1 aliphatic heterocycles. The van der Waals surface area contributed by atoms with Crippen molar-refractivity contribution in [2.24, 2.45) is 0 Å². The highest BCUT2D eigenvalue weighted by atomic mass is 32.1. The lowest BCUT2D eigenvalue weighted by atomic mass is 10.0. The number of carbonyl (C=O) groups is 1. The van der Waals surface area contributed by atoms with Crippen LogP contribution in [0.4, 0.5) is 0 Å². The Hall–Kier alpha value is -1.65. The highest BCUT2D eigenvalue weighted by molar-refractivity contribution is 7.12. The summed E-state index contributed by atoms with van der Waals surface area (Å²) in [5.74, 6) is -0.812. The third-order valence-electron chi connectivity index (χ3n) is 3.85. The molecule has 1 aliphatic rings. The van der Waals surface area contributed by atoms with Gasteiger partial charge in [-0.15, -0.1) is 11.3 Å². The molecule has 3 rings (SSSR count). The van der Waals surface area contributed by atoms with Crippen molar-refractivity contribution < 1.29 is 9.90 Å². The third kappa shape index (κ3) is 2.76. The van der Waals surface area contributed by atoms with Crippen LogP contribution in [0.15, 0.2) is 35.7 Å². The normalized spacial score (nSPS) is 15.6. The van der Waals surface area contributed by atoms with Crippen LogP contribution in [-0.4, -0.2) is 29.1 Å². The molecular weight excluding hydrogens is 270 g/mol. The molecule has 0 radical (unpaired) electrons. The van der Waals surface area contributed by atoms with Gasteiger partial charge in [0.15, 0.2) is 0 Å². The summed E-state index contributed by atoms with van der Waals surface area (Å²) in [5, 5.41) is 11.0. The number of thiophene rings is 1. The van der Waals surface area contributed by atoms with Crippen molar-refractivity contribution in [1.82, 2.24) is 4.90 Å². The topological polar surface area (TPSA) is 40.5 Å². The Balaban J connectivity index is 1.71. The molecule has 0 amide bonds. The van der Waals surface area contributed by atoms with Gasteiger partial charge in [0.2, 0.25) is 0 Å². The van der Waals surface area contributed by atoms with Crippen molar-refractivity contribution >= 4 is 17.3 Å². The fourth-order valence-electron chi connectivity index (χ4n) is 2.76. The number of aromatic carboxylic acids is 1. The van der Waals surface area contributed by atoms with Gasteiger partial charge in [0.1, 0.15) is 4.88 Å². The van der Waals surface area contributed by atoms with Gasteiger partial charge in [-0.2, -0.15) is 0 Å². The third-order valence-corrected chi connectivity index (χ3v) is 4.79. The van der Waals surface area contributed by atoms with Crippen LogP contribution in [0, 0.1) is 0 Å². The van der Waals surface area contributed by atoms with Crippen LogP contribution in [-0.2, 0) is 19.4 Å². The lowest BCUT2D eigenvalue weighted by molar-refractivity contribution is 0.0700. The van der Waals surface area contributed by atoms with Crippen molar-refractivity contribution in [3.8, 4) is 0 Å². The summed E-state index contributed by atoms with van der Waals surface area (Å²) in [7, 11) is 0. The Bertz CT molecular complexity index is 593. The molecule has 1 aromatic carbocycles. The second kappa shape index (κ2) is 5.77. The molecule has 1 aromatic heterocycles. The number of carboxylic acid groups (broad SMARTS) is 1. The fourth-order valence-corrected chi connectivity index (χ4v) is 3.51. The number of hydrogen-bond donors (Lipinski definition) is 1. The van der Waals surface area contributed by atoms with Crippen molar-refractivity contribution in [3.05, 3.63) is 57.3 Å². The molecule has 0 spiro atoms. The first-order valence-corrected chi connectivity index (χ1v) is 7.71. The summed E-state index contributed by atoms with van der Waals surface area (Å²) in [6.45, 7) is 2.72. The average Bonchev–Trinajstić information content (AvgIpc) is 2.81. The Morgan fingerprint density at radius 1 is 1.15 bits per heavy atom. The summed E-state index contributed by atoms with van der Waals surface area (Å²) in [4.78, 5) is 14.0. The molecule has 0 aliphatic carbocycles. The number of rotatable bonds is 3. The van der Waals surface area contributed by atoms with Gasteiger partial charge < -0.3 is 5.11 Å². The van der Waals surface area contributed by atoms with Gasteiger partial charge >= 0.3 is 5.97 Å². The highest BCUT2D eigenvalue weighted by Crippen LogP contribution is 2.21. The first-order valence-electron chi connectivity index (χ1n) is 6.83. The maximum Gasteiger partial charge on any atom is 0.346 e. The van der Waals surface area contributed by atoms with Crippen molar-refractivity contribution in [3.63, 3.8) is 0 Å². The molecule has 0 saturated carbocycles. The fraction of sp³-hybridized carbons (Fsp3) is 0.312. The number of fused-ring (bicyclic) bond motifs is 1. The molecule has 104 valence electrons. The van der Waals surface area contributed by atoms with Crippen LogP contribution in [0.5, 0.6) is 0 Å². The monoisotopic (exact) mass is 287 g/mol. The molecule has 3 nitrogen and oxygen atoms in total. The van der Waals surface area contributed by atoms with E-state index < -0.39 is 5.97 Å². The predicted octanol–water partition coefficient (Wildman–Crippen LogP) is 3.05. The van der Waals surface area contributed by atoms with Crippen molar-refractivity contribution in [2.75, 3.05) is 13.1 Å². The van der Waals surface area contributed by atoms with E-state index in [4.69, 9.17) is 0 Å². The molecular formula is C16H17NO2S. The standard InChI is InChI=1S/C16H17NO2S/c18-16(19)15-14(7-10-20-15)11-17-8-5-12-3-1-2-4-13(12)6-9-17/h1-4,7,10H,5-6,8-9,11H2,(H,18,19). The number of benzene rings is 1. The summed E-state index contributed by atoms with van der Waals surface area (Å²) in [6.07, 6.45) is 2.09. The van der Waals surface area contributed by atoms with Gasteiger partial charge in [0, 0.05) is 19.6 Å². The molecule has 20 heavy (non-hydrogen) atoms. The first-order chi connectivity index (χ1) is 9.74. The molecule has 2 aromatic rings.